The van der Waals surface area contributed by atoms with E-state index in [1.54, 1.807) is 30.3 Å². The molecule has 0 unspecified atom stereocenters. The minimum atomic E-state index is -1.99. The predicted molar refractivity (Wildman–Crippen MR) is 96.4 cm³/mol. The molecule has 0 aromatic heterocycles. The first-order chi connectivity index (χ1) is 11.7. The second-order valence-electron chi connectivity index (χ2n) is 5.03. The fourth-order valence-electron chi connectivity index (χ4n) is 2.07. The normalized spacial score (nSPS) is 10.8. The van der Waals surface area contributed by atoms with Crippen molar-refractivity contribution in [2.24, 2.45) is 0 Å². The van der Waals surface area contributed by atoms with E-state index in [1.165, 1.54) is 12.1 Å². The molecule has 0 bridgehead atoms. The van der Waals surface area contributed by atoms with Crippen molar-refractivity contribution in [1.29, 1.82) is 10.7 Å². The van der Waals surface area contributed by atoms with Crippen LogP contribution in [0.4, 0.5) is 0 Å². The van der Waals surface area contributed by atoms with Crippen molar-refractivity contribution >= 4 is 46.7 Å². The van der Waals surface area contributed by atoms with Gasteiger partial charge in [0.15, 0.2) is 0 Å². The lowest BCUT2D eigenvalue weighted by molar-refractivity contribution is 0.0696. The Balaban J connectivity index is 2.38. The highest BCUT2D eigenvalue weighted by Crippen LogP contribution is 2.29. The summed E-state index contributed by atoms with van der Waals surface area (Å²) < 4.78 is 3.11. The highest BCUT2D eigenvalue weighted by atomic mass is 35.6. The number of carbonyl (C=O) groups is 1. The number of nitriles is 1. The molecular formula is C17H11Cl3N2O3. The lowest BCUT2D eigenvalue weighted by atomic mass is 9.98. The van der Waals surface area contributed by atoms with Crippen LogP contribution in [0.1, 0.15) is 21.5 Å². The van der Waals surface area contributed by atoms with Gasteiger partial charge in [-0.2, -0.15) is 5.26 Å². The van der Waals surface area contributed by atoms with Gasteiger partial charge in [0.25, 0.3) is 3.79 Å². The van der Waals surface area contributed by atoms with E-state index in [0.29, 0.717) is 22.3 Å². The van der Waals surface area contributed by atoms with Crippen LogP contribution in [0, 0.1) is 16.7 Å². The number of nitrogens with zero attached hydrogens (tertiary/aromatic N) is 1. The average Bonchev–Trinajstić information content (AvgIpc) is 2.58. The molecular weight excluding hydrogens is 387 g/mol. The highest BCUT2D eigenvalue weighted by molar-refractivity contribution is 6.76. The van der Waals surface area contributed by atoms with Gasteiger partial charge in [-0.3, -0.25) is 5.41 Å². The topological polar surface area (TPSA) is 94.2 Å². The Kier molecular flexibility index (Phi) is 5.91. The molecule has 2 aromatic rings. The van der Waals surface area contributed by atoms with Crippen LogP contribution >= 0.6 is 34.8 Å². The molecule has 0 aliphatic heterocycles. The Labute approximate surface area is 158 Å². The zero-order valence-corrected chi connectivity index (χ0v) is 14.9. The second-order valence-corrected chi connectivity index (χ2v) is 7.31. The van der Waals surface area contributed by atoms with Gasteiger partial charge in [0, 0.05) is 0 Å². The molecule has 0 saturated carbocycles. The van der Waals surface area contributed by atoms with E-state index in [9.17, 15) is 9.90 Å². The van der Waals surface area contributed by atoms with Crippen LogP contribution in [0.15, 0.2) is 42.5 Å². The van der Waals surface area contributed by atoms with Crippen LogP contribution in [0.5, 0.6) is 0 Å². The van der Waals surface area contributed by atoms with Crippen molar-refractivity contribution in [1.82, 2.24) is 0 Å². The monoisotopic (exact) mass is 396 g/mol. The van der Waals surface area contributed by atoms with Crippen LogP contribution < -0.4 is 0 Å². The van der Waals surface area contributed by atoms with Crippen molar-refractivity contribution in [2.45, 2.75) is 10.4 Å². The quantitative estimate of drug-likeness (QED) is 0.440. The van der Waals surface area contributed by atoms with Crippen LogP contribution in [-0.2, 0) is 11.3 Å². The van der Waals surface area contributed by atoms with Crippen molar-refractivity contribution in [3.63, 3.8) is 0 Å². The van der Waals surface area contributed by atoms with Gasteiger partial charge in [0.2, 0.25) is 5.90 Å². The minimum absolute atomic E-state index is 0.0406. The van der Waals surface area contributed by atoms with Gasteiger partial charge in [0.1, 0.15) is 6.61 Å². The number of alkyl halides is 3. The summed E-state index contributed by atoms with van der Waals surface area (Å²) in [6, 6.07) is 13.4. The largest absolute Gasteiger partial charge is 0.478 e. The minimum Gasteiger partial charge on any atom is -0.478 e. The van der Waals surface area contributed by atoms with Gasteiger partial charge in [-0.25, -0.2) is 4.79 Å². The molecule has 2 aromatic carbocycles. The number of carboxylic acid groups (broad SMARTS) is 1. The number of halogens is 3. The number of rotatable bonds is 4. The van der Waals surface area contributed by atoms with Gasteiger partial charge in [-0.1, -0.05) is 46.9 Å². The van der Waals surface area contributed by atoms with E-state index in [2.05, 4.69) is 0 Å². The molecule has 0 radical (unpaired) electrons. The molecule has 0 aliphatic carbocycles. The molecule has 5 nitrogen and oxygen atoms in total. The van der Waals surface area contributed by atoms with Crippen LogP contribution in [0.25, 0.3) is 11.1 Å². The van der Waals surface area contributed by atoms with E-state index in [1.807, 2.05) is 6.07 Å². The maximum Gasteiger partial charge on any atom is 0.335 e. The fourth-order valence-corrected chi connectivity index (χ4v) is 2.23. The summed E-state index contributed by atoms with van der Waals surface area (Å²) >= 11 is 16.6. The van der Waals surface area contributed by atoms with Crippen LogP contribution in [0.2, 0.25) is 0 Å². The smallest absolute Gasteiger partial charge is 0.335 e. The molecule has 0 amide bonds. The Hall–Kier alpha value is -2.26. The van der Waals surface area contributed by atoms with E-state index < -0.39 is 15.7 Å². The molecule has 0 fully saturated rings. The molecule has 128 valence electrons. The van der Waals surface area contributed by atoms with Crippen molar-refractivity contribution in [3.05, 3.63) is 59.2 Å². The first-order valence-corrected chi connectivity index (χ1v) is 8.00. The van der Waals surface area contributed by atoms with Crippen LogP contribution in [-0.4, -0.2) is 20.8 Å². The number of aromatic carboxylic acids is 1. The summed E-state index contributed by atoms with van der Waals surface area (Å²) in [7, 11) is 0. The second kappa shape index (κ2) is 7.75. The molecule has 2 rings (SSSR count). The van der Waals surface area contributed by atoms with Gasteiger partial charge in [-0.05, 0) is 47.0 Å². The number of carboxylic acids is 1. The lowest BCUT2D eigenvalue weighted by Gasteiger charge is -2.14. The summed E-state index contributed by atoms with van der Waals surface area (Å²) in [6.45, 7) is -0.140. The number of hydrogen-bond donors (Lipinski definition) is 2. The molecule has 0 saturated heterocycles. The van der Waals surface area contributed by atoms with Gasteiger partial charge in [0.05, 0.1) is 17.2 Å². The van der Waals surface area contributed by atoms with E-state index in [0.717, 1.165) is 0 Å². The fraction of sp³-hybridized carbons (Fsp3) is 0.118. The van der Waals surface area contributed by atoms with Gasteiger partial charge in [-0.15, -0.1) is 0 Å². The first kappa shape index (κ1) is 19.1. The number of ether oxygens (including phenoxy) is 1. The zero-order valence-electron chi connectivity index (χ0n) is 12.6. The average molecular weight is 398 g/mol. The molecule has 2 N–H and O–H groups in total. The van der Waals surface area contributed by atoms with E-state index in [4.69, 9.17) is 50.2 Å². The standard InChI is InChI=1S/C17H11Cl3N2O3/c18-17(19,20)16(22)25-9-11-5-13(7-14(6-11)15(23)24)12-3-1-2-10(4-12)8-21/h1-7,22H,9H2,(H,23,24). The summed E-state index contributed by atoms with van der Waals surface area (Å²) in [4.78, 5) is 11.4. The summed E-state index contributed by atoms with van der Waals surface area (Å²) in [5.41, 5.74) is 2.25. The summed E-state index contributed by atoms with van der Waals surface area (Å²) in [5.74, 6) is -1.68. The Morgan fingerprint density at radius 1 is 1.20 bits per heavy atom. The van der Waals surface area contributed by atoms with Gasteiger partial charge >= 0.3 is 5.97 Å². The number of nitrogens with one attached hydrogen (secondary N) is 1. The third-order valence-electron chi connectivity index (χ3n) is 3.21. The highest BCUT2D eigenvalue weighted by Gasteiger charge is 2.28. The Bertz CT molecular complexity index is 870. The third kappa shape index (κ3) is 5.10. The third-order valence-corrected chi connectivity index (χ3v) is 3.72. The van der Waals surface area contributed by atoms with E-state index in [-0.39, 0.29) is 12.2 Å². The van der Waals surface area contributed by atoms with Crippen LogP contribution in [0.3, 0.4) is 0 Å². The van der Waals surface area contributed by atoms with Crippen molar-refractivity contribution in [3.8, 4) is 17.2 Å². The number of benzene rings is 2. The van der Waals surface area contributed by atoms with Crippen molar-refractivity contribution in [2.75, 3.05) is 0 Å². The molecule has 0 atom stereocenters. The van der Waals surface area contributed by atoms with E-state index >= 15 is 0 Å². The maximum atomic E-state index is 11.4. The maximum absolute atomic E-state index is 11.4. The molecule has 0 heterocycles. The molecule has 25 heavy (non-hydrogen) atoms. The zero-order chi connectivity index (χ0) is 18.6. The molecule has 0 aliphatic rings. The van der Waals surface area contributed by atoms with Gasteiger partial charge < -0.3 is 9.84 Å². The predicted octanol–water partition coefficient (Wildman–Crippen LogP) is 4.79. The van der Waals surface area contributed by atoms with Crippen molar-refractivity contribution < 1.29 is 14.6 Å². The number of hydrogen-bond acceptors (Lipinski definition) is 4. The molecule has 0 spiro atoms. The Morgan fingerprint density at radius 2 is 1.92 bits per heavy atom. The summed E-state index contributed by atoms with van der Waals surface area (Å²) in [5, 5.41) is 25.8. The first-order valence-electron chi connectivity index (χ1n) is 6.87. The molecule has 8 heteroatoms. The lowest BCUT2D eigenvalue weighted by Crippen LogP contribution is -2.21. The Morgan fingerprint density at radius 3 is 2.52 bits per heavy atom. The SMILES string of the molecule is N#Cc1cccc(-c2cc(COC(=N)C(Cl)(Cl)Cl)cc(C(=O)O)c2)c1. The summed E-state index contributed by atoms with van der Waals surface area (Å²) in [6.07, 6.45) is 0.